The molecule has 7 nitrogen and oxygen atoms in total. The van der Waals surface area contributed by atoms with E-state index < -0.39 is 40.1 Å². The fraction of sp³-hybridized carbons (Fsp3) is 0.636. The van der Waals surface area contributed by atoms with E-state index in [-0.39, 0.29) is 6.61 Å². The normalized spacial score (nSPS) is 25.9. The van der Waals surface area contributed by atoms with Gasteiger partial charge in [-0.05, 0) is 0 Å². The van der Waals surface area contributed by atoms with Crippen LogP contribution in [0.5, 0.6) is 0 Å². The van der Waals surface area contributed by atoms with Crippen LogP contribution in [0.4, 0.5) is 0 Å². The molecule has 0 bridgehead atoms. The van der Waals surface area contributed by atoms with Gasteiger partial charge in [-0.1, -0.05) is 34.8 Å². The summed E-state index contributed by atoms with van der Waals surface area (Å²) in [5, 5.41) is 7.50. The van der Waals surface area contributed by atoms with Gasteiger partial charge in [-0.25, -0.2) is 0 Å². The number of hydrogen-bond acceptors (Lipinski definition) is 7. The average molecular weight is 362 g/mol. The van der Waals surface area contributed by atoms with Crippen molar-refractivity contribution in [3.8, 4) is 0 Å². The Hall–Kier alpha value is -0.760. The third-order valence-corrected chi connectivity index (χ3v) is 2.79. The van der Waals surface area contributed by atoms with Gasteiger partial charge in [0.05, 0.1) is 6.61 Å². The Balaban J connectivity index is 2.85. The molecule has 1 heterocycles. The Bertz CT molecular complexity index is 425. The summed E-state index contributed by atoms with van der Waals surface area (Å²) in [6.07, 6.45) is -1.78. The van der Waals surface area contributed by atoms with Crippen molar-refractivity contribution in [1.29, 1.82) is 5.41 Å². The molecule has 1 radical (unpaired) electrons. The van der Waals surface area contributed by atoms with E-state index in [1.54, 1.807) is 0 Å². The van der Waals surface area contributed by atoms with Gasteiger partial charge >= 0.3 is 11.9 Å². The van der Waals surface area contributed by atoms with E-state index in [1.807, 2.05) is 0 Å². The lowest BCUT2D eigenvalue weighted by atomic mass is 10.1. The molecule has 1 N–H and O–H groups in total. The van der Waals surface area contributed by atoms with Gasteiger partial charge in [-0.2, -0.15) is 0 Å². The molecule has 1 aliphatic rings. The Morgan fingerprint density at radius 3 is 2.24 bits per heavy atom. The van der Waals surface area contributed by atoms with Crippen LogP contribution in [0.25, 0.3) is 0 Å². The van der Waals surface area contributed by atoms with Crippen molar-refractivity contribution in [1.82, 2.24) is 0 Å². The summed E-state index contributed by atoms with van der Waals surface area (Å²) in [6, 6.07) is 0. The molecule has 0 aromatic carbocycles. The molecular weight excluding hydrogens is 348 g/mol. The van der Waals surface area contributed by atoms with Gasteiger partial charge in [0.25, 0.3) is 3.79 Å². The van der Waals surface area contributed by atoms with Gasteiger partial charge in [0, 0.05) is 20.3 Å². The lowest BCUT2D eigenvalue weighted by Gasteiger charge is -2.36. The predicted molar refractivity (Wildman–Crippen MR) is 74.2 cm³/mol. The Labute approximate surface area is 136 Å². The summed E-state index contributed by atoms with van der Waals surface area (Å²) in [5.41, 5.74) is 0. The Morgan fingerprint density at radius 1 is 1.19 bits per heavy atom. The number of esters is 2. The van der Waals surface area contributed by atoms with E-state index >= 15 is 0 Å². The van der Waals surface area contributed by atoms with Gasteiger partial charge < -0.3 is 18.9 Å². The van der Waals surface area contributed by atoms with Crippen molar-refractivity contribution in [3.63, 3.8) is 0 Å². The molecule has 119 valence electrons. The molecule has 21 heavy (non-hydrogen) atoms. The molecule has 1 aliphatic heterocycles. The third-order valence-electron chi connectivity index (χ3n) is 2.28. The van der Waals surface area contributed by atoms with E-state index in [0.29, 0.717) is 0 Å². The maximum absolute atomic E-state index is 11.2. The largest absolute Gasteiger partial charge is 0.458 e. The van der Waals surface area contributed by atoms with E-state index in [0.717, 1.165) is 6.92 Å². The molecule has 0 amide bonds. The first-order chi connectivity index (χ1) is 9.61. The van der Waals surface area contributed by atoms with Crippen molar-refractivity contribution >= 4 is 52.6 Å². The second kappa shape index (κ2) is 7.49. The van der Waals surface area contributed by atoms with Gasteiger partial charge in [0.15, 0.2) is 6.10 Å². The summed E-state index contributed by atoms with van der Waals surface area (Å²) in [5.74, 6) is -1.94. The highest BCUT2D eigenvalue weighted by molar-refractivity contribution is 6.76. The summed E-state index contributed by atoms with van der Waals surface area (Å²) in [4.78, 5) is 22.2. The maximum Gasteiger partial charge on any atom is 0.303 e. The second-order valence-electron chi connectivity index (χ2n) is 4.03. The number of carbonyl (C=O) groups is 2. The molecule has 1 saturated heterocycles. The number of alkyl halides is 3. The predicted octanol–water partition coefficient (Wildman–Crippen LogP) is 1.77. The zero-order valence-corrected chi connectivity index (χ0v) is 13.4. The highest BCUT2D eigenvalue weighted by Gasteiger charge is 2.43. The summed E-state index contributed by atoms with van der Waals surface area (Å²) in [6.45, 7) is 2.40. The number of halogens is 3. The molecule has 1 fully saturated rings. The molecule has 0 spiro atoms. The maximum atomic E-state index is 11.2. The highest BCUT2D eigenvalue weighted by atomic mass is 35.6. The van der Waals surface area contributed by atoms with Crippen LogP contribution in [0.15, 0.2) is 0 Å². The Kier molecular flexibility index (Phi) is 6.52. The van der Waals surface area contributed by atoms with Crippen LogP contribution in [0, 0.1) is 11.8 Å². The number of ether oxygens (including phenoxy) is 4. The van der Waals surface area contributed by atoms with Crippen molar-refractivity contribution in [2.24, 2.45) is 0 Å². The van der Waals surface area contributed by atoms with E-state index in [9.17, 15) is 9.59 Å². The molecule has 0 aromatic rings. The van der Waals surface area contributed by atoms with Gasteiger partial charge in [-0.15, -0.1) is 0 Å². The van der Waals surface area contributed by atoms with Crippen LogP contribution >= 0.6 is 34.8 Å². The van der Waals surface area contributed by atoms with Gasteiger partial charge in [-0.3, -0.25) is 15.0 Å². The fourth-order valence-electron chi connectivity index (χ4n) is 1.53. The first-order valence-corrected chi connectivity index (χ1v) is 6.86. The fourth-order valence-corrected chi connectivity index (χ4v) is 1.67. The quantitative estimate of drug-likeness (QED) is 0.356. The molecular formula is C11H13Cl3NO6. The first kappa shape index (κ1) is 18.3. The van der Waals surface area contributed by atoms with Gasteiger partial charge in [0.1, 0.15) is 0 Å². The minimum atomic E-state index is -2.10. The van der Waals surface area contributed by atoms with Crippen LogP contribution in [-0.2, 0) is 28.5 Å². The van der Waals surface area contributed by atoms with Crippen LogP contribution in [0.3, 0.4) is 0 Å². The minimum Gasteiger partial charge on any atom is -0.458 e. The summed E-state index contributed by atoms with van der Waals surface area (Å²) < 4.78 is 18.2. The van der Waals surface area contributed by atoms with Crippen LogP contribution in [0.1, 0.15) is 13.8 Å². The van der Waals surface area contributed by atoms with Crippen molar-refractivity contribution in [2.75, 3.05) is 6.61 Å². The van der Waals surface area contributed by atoms with Crippen LogP contribution in [-0.4, -0.2) is 46.7 Å². The monoisotopic (exact) mass is 360 g/mol. The number of carbonyl (C=O) groups excluding carboxylic acids is 2. The third kappa shape index (κ3) is 5.86. The van der Waals surface area contributed by atoms with Crippen molar-refractivity contribution in [2.45, 2.75) is 36.1 Å². The van der Waals surface area contributed by atoms with E-state index in [1.165, 1.54) is 13.3 Å². The number of nitrogens with one attached hydrogen (secondary N) is 1. The molecule has 0 saturated carbocycles. The molecule has 10 heteroatoms. The average Bonchev–Trinajstić information content (AvgIpc) is 2.30. The van der Waals surface area contributed by atoms with Gasteiger partial charge in [0.2, 0.25) is 18.3 Å². The summed E-state index contributed by atoms with van der Waals surface area (Å²) in [7, 11) is 0. The van der Waals surface area contributed by atoms with Crippen LogP contribution < -0.4 is 0 Å². The van der Waals surface area contributed by atoms with E-state index in [2.05, 4.69) is 0 Å². The zero-order valence-electron chi connectivity index (χ0n) is 11.1. The number of rotatable bonds is 3. The van der Waals surface area contributed by atoms with E-state index in [4.69, 9.17) is 59.2 Å². The zero-order chi connectivity index (χ0) is 16.2. The lowest BCUT2D eigenvalue weighted by Crippen LogP contribution is -2.51. The van der Waals surface area contributed by atoms with Crippen molar-refractivity contribution in [3.05, 3.63) is 6.42 Å². The van der Waals surface area contributed by atoms with Crippen LogP contribution in [0.2, 0.25) is 0 Å². The molecule has 1 unspecified atom stereocenters. The Morgan fingerprint density at radius 2 is 1.76 bits per heavy atom. The first-order valence-electron chi connectivity index (χ1n) is 5.73. The highest BCUT2D eigenvalue weighted by Crippen LogP contribution is 2.30. The SMILES string of the molecule is CC(=O)O[C@H]1[CH]COC(OC(=N)C(Cl)(Cl)Cl)[C@@H]1OC(C)=O. The topological polar surface area (TPSA) is 94.9 Å². The smallest absolute Gasteiger partial charge is 0.303 e. The van der Waals surface area contributed by atoms with Crippen molar-refractivity contribution < 1.29 is 28.5 Å². The lowest BCUT2D eigenvalue weighted by molar-refractivity contribution is -0.220. The number of hydrogen-bond donors (Lipinski definition) is 1. The standard InChI is InChI=1S/C11H13Cl3NO6/c1-5(16)19-7-3-4-18-9(8(7)20-6(2)17)21-10(15)11(12,13)14/h3,7-9,15H,4H2,1-2H3/t7-,8+,9?/m0/s1. The molecule has 0 aliphatic carbocycles. The minimum absolute atomic E-state index is 0.0352. The summed E-state index contributed by atoms with van der Waals surface area (Å²) >= 11 is 16.5. The molecule has 1 rings (SSSR count). The second-order valence-corrected chi connectivity index (χ2v) is 6.31. The molecule has 3 atom stereocenters. The molecule has 0 aromatic heterocycles.